The molecule has 1 rings (SSSR count). The summed E-state index contributed by atoms with van der Waals surface area (Å²) in [7, 11) is -0.305. The number of rotatable bonds is 2. The SMILES string of the molecule is O=POc1ccccc1.[Na]. The van der Waals surface area contributed by atoms with Gasteiger partial charge in [-0.05, 0) is 12.1 Å². The fraction of sp³-hybridized carbons (Fsp3) is 0. The summed E-state index contributed by atoms with van der Waals surface area (Å²) >= 11 is 0. The van der Waals surface area contributed by atoms with Gasteiger partial charge >= 0.3 is 8.69 Å². The molecule has 0 bridgehead atoms. The number of hydrogen-bond acceptors (Lipinski definition) is 2. The van der Waals surface area contributed by atoms with Crippen LogP contribution in [0.25, 0.3) is 0 Å². The predicted octanol–water partition coefficient (Wildman–Crippen LogP) is 1.89. The first-order valence-corrected chi connectivity index (χ1v) is 3.21. The van der Waals surface area contributed by atoms with Crippen LogP contribution in [0.2, 0.25) is 0 Å². The van der Waals surface area contributed by atoms with E-state index in [1.165, 1.54) is 0 Å². The van der Waals surface area contributed by atoms with Gasteiger partial charge in [0, 0.05) is 29.6 Å². The van der Waals surface area contributed by atoms with Gasteiger partial charge in [0.15, 0.2) is 0 Å². The molecule has 1 aromatic carbocycles. The average Bonchev–Trinajstić information content (AvgIpc) is 1.91. The molecule has 0 N–H and O–H groups in total. The van der Waals surface area contributed by atoms with Gasteiger partial charge in [0.2, 0.25) is 0 Å². The van der Waals surface area contributed by atoms with Crippen molar-refractivity contribution < 1.29 is 9.09 Å². The molecule has 0 aliphatic carbocycles. The minimum absolute atomic E-state index is 0. The Kier molecular flexibility index (Phi) is 5.94. The summed E-state index contributed by atoms with van der Waals surface area (Å²) in [5, 5.41) is 0. The van der Waals surface area contributed by atoms with Crippen LogP contribution in [0.4, 0.5) is 0 Å². The van der Waals surface area contributed by atoms with Gasteiger partial charge in [-0.3, -0.25) is 0 Å². The number of para-hydroxylation sites is 1. The average molecular weight is 163 g/mol. The van der Waals surface area contributed by atoms with E-state index >= 15 is 0 Å². The molecule has 0 amide bonds. The van der Waals surface area contributed by atoms with Gasteiger partial charge < -0.3 is 4.52 Å². The quantitative estimate of drug-likeness (QED) is 0.491. The van der Waals surface area contributed by atoms with Crippen molar-refractivity contribution >= 4 is 38.2 Å². The molecule has 0 unspecified atom stereocenters. The predicted molar refractivity (Wildman–Crippen MR) is 40.4 cm³/mol. The first-order chi connectivity index (χ1) is 4.43. The Balaban J connectivity index is 0.000000810. The summed E-state index contributed by atoms with van der Waals surface area (Å²) in [4.78, 5) is 0. The summed E-state index contributed by atoms with van der Waals surface area (Å²) in [6.45, 7) is 0. The van der Waals surface area contributed by atoms with Gasteiger partial charge in [0.25, 0.3) is 0 Å². The third-order valence-electron chi connectivity index (χ3n) is 0.886. The van der Waals surface area contributed by atoms with Crippen molar-refractivity contribution in [1.82, 2.24) is 0 Å². The van der Waals surface area contributed by atoms with E-state index in [2.05, 4.69) is 4.52 Å². The summed E-state index contributed by atoms with van der Waals surface area (Å²) in [6.07, 6.45) is 0. The van der Waals surface area contributed by atoms with Crippen molar-refractivity contribution in [2.75, 3.05) is 0 Å². The fourth-order valence-electron chi connectivity index (χ4n) is 0.524. The van der Waals surface area contributed by atoms with Crippen LogP contribution in [-0.4, -0.2) is 29.6 Å². The minimum Gasteiger partial charge on any atom is -0.408 e. The second-order valence-electron chi connectivity index (χ2n) is 1.48. The molecule has 0 aliphatic rings. The van der Waals surface area contributed by atoms with Crippen molar-refractivity contribution in [3.05, 3.63) is 30.3 Å². The van der Waals surface area contributed by atoms with E-state index in [0.29, 0.717) is 5.75 Å². The van der Waals surface area contributed by atoms with E-state index < -0.39 is 0 Å². The summed E-state index contributed by atoms with van der Waals surface area (Å²) in [6, 6.07) is 8.99. The first kappa shape index (κ1) is 10.1. The summed E-state index contributed by atoms with van der Waals surface area (Å²) in [5.74, 6) is 0.620. The molecule has 0 heterocycles. The maximum absolute atomic E-state index is 9.85. The van der Waals surface area contributed by atoms with Crippen molar-refractivity contribution in [2.45, 2.75) is 0 Å². The maximum Gasteiger partial charge on any atom is 0.395 e. The summed E-state index contributed by atoms with van der Waals surface area (Å²) < 4.78 is 14.5. The largest absolute Gasteiger partial charge is 0.408 e. The zero-order valence-electron chi connectivity index (χ0n) is 5.65. The smallest absolute Gasteiger partial charge is 0.395 e. The summed E-state index contributed by atoms with van der Waals surface area (Å²) in [5.41, 5.74) is 0. The van der Waals surface area contributed by atoms with Crippen molar-refractivity contribution in [2.24, 2.45) is 0 Å². The van der Waals surface area contributed by atoms with Gasteiger partial charge in [-0.25, -0.2) is 4.57 Å². The Morgan fingerprint density at radius 3 is 2.30 bits per heavy atom. The minimum atomic E-state index is -0.305. The number of benzene rings is 1. The Morgan fingerprint density at radius 1 is 1.20 bits per heavy atom. The van der Waals surface area contributed by atoms with Gasteiger partial charge in [-0.1, -0.05) is 18.2 Å². The monoisotopic (exact) mass is 163 g/mol. The van der Waals surface area contributed by atoms with E-state index in [1.807, 2.05) is 18.2 Å². The van der Waals surface area contributed by atoms with Crippen LogP contribution in [0, 0.1) is 0 Å². The van der Waals surface area contributed by atoms with Crippen LogP contribution in [0.1, 0.15) is 0 Å². The molecular formula is C6H5NaO2P. The fourth-order valence-corrected chi connectivity index (χ4v) is 0.732. The van der Waals surface area contributed by atoms with E-state index in [9.17, 15) is 4.57 Å². The van der Waals surface area contributed by atoms with E-state index in [-0.39, 0.29) is 38.2 Å². The molecule has 0 saturated carbocycles. The topological polar surface area (TPSA) is 26.3 Å². The van der Waals surface area contributed by atoms with Gasteiger partial charge in [-0.2, -0.15) is 0 Å². The van der Waals surface area contributed by atoms with Gasteiger partial charge in [0.1, 0.15) is 5.75 Å². The molecule has 1 aromatic rings. The molecule has 2 nitrogen and oxygen atoms in total. The molecule has 0 aliphatic heterocycles. The van der Waals surface area contributed by atoms with Crippen LogP contribution in [0.5, 0.6) is 5.75 Å². The molecule has 0 saturated heterocycles. The molecule has 0 aromatic heterocycles. The van der Waals surface area contributed by atoms with Gasteiger partial charge in [-0.15, -0.1) is 0 Å². The Morgan fingerprint density at radius 2 is 1.80 bits per heavy atom. The van der Waals surface area contributed by atoms with Crippen LogP contribution >= 0.6 is 8.69 Å². The number of hydrogen-bond donors (Lipinski definition) is 0. The standard InChI is InChI=1S/C6H5O2P.Na/c7-9-8-6-4-2-1-3-5-6;/h1-5H;. The van der Waals surface area contributed by atoms with Crippen LogP contribution in [-0.2, 0) is 4.57 Å². The van der Waals surface area contributed by atoms with Crippen molar-refractivity contribution in [3.63, 3.8) is 0 Å². The zero-order valence-corrected chi connectivity index (χ0v) is 8.54. The van der Waals surface area contributed by atoms with Crippen LogP contribution < -0.4 is 4.52 Å². The molecule has 1 radical (unpaired) electrons. The zero-order chi connectivity index (χ0) is 6.53. The Hall–Kier alpha value is 0.120. The molecule has 4 heteroatoms. The van der Waals surface area contributed by atoms with E-state index in [1.54, 1.807) is 12.1 Å². The van der Waals surface area contributed by atoms with E-state index in [0.717, 1.165) is 0 Å². The molecule has 0 atom stereocenters. The molecule has 0 spiro atoms. The Bertz CT molecular complexity index is 190. The van der Waals surface area contributed by atoms with Crippen molar-refractivity contribution in [3.8, 4) is 5.75 Å². The first-order valence-electron chi connectivity index (χ1n) is 2.48. The molecule has 0 fully saturated rings. The normalized spacial score (nSPS) is 8.40. The second-order valence-corrected chi connectivity index (χ2v) is 1.81. The molecule has 47 valence electrons. The second kappa shape index (κ2) is 5.87. The van der Waals surface area contributed by atoms with Crippen molar-refractivity contribution in [1.29, 1.82) is 0 Å². The molecular weight excluding hydrogens is 158 g/mol. The van der Waals surface area contributed by atoms with Crippen LogP contribution in [0.15, 0.2) is 30.3 Å². The van der Waals surface area contributed by atoms with Crippen LogP contribution in [0.3, 0.4) is 0 Å². The molecule has 10 heavy (non-hydrogen) atoms. The van der Waals surface area contributed by atoms with E-state index in [4.69, 9.17) is 0 Å². The third kappa shape index (κ3) is 3.33. The maximum atomic E-state index is 9.85. The third-order valence-corrected chi connectivity index (χ3v) is 1.17. The van der Waals surface area contributed by atoms with Gasteiger partial charge in [0.05, 0.1) is 0 Å². The Labute approximate surface area is 83.2 Å².